The molecule has 0 radical (unpaired) electrons. The van der Waals surface area contributed by atoms with E-state index in [9.17, 15) is 14.4 Å². The Hall–Kier alpha value is -2.78. The molecule has 2 N–H and O–H groups in total. The van der Waals surface area contributed by atoms with Gasteiger partial charge in [0.2, 0.25) is 5.91 Å². The number of nitrogens with zero attached hydrogens (tertiary/aromatic N) is 1. The summed E-state index contributed by atoms with van der Waals surface area (Å²) in [6.45, 7) is -0.267. The van der Waals surface area contributed by atoms with E-state index in [1.165, 1.54) is 4.90 Å². The highest BCUT2D eigenvalue weighted by Crippen LogP contribution is 2.35. The highest BCUT2D eigenvalue weighted by molar-refractivity contribution is 9.10. The van der Waals surface area contributed by atoms with E-state index in [2.05, 4.69) is 26.6 Å². The highest BCUT2D eigenvalue weighted by atomic mass is 79.9. The lowest BCUT2D eigenvalue weighted by Crippen LogP contribution is -2.49. The molecule has 2 aliphatic heterocycles. The van der Waals surface area contributed by atoms with Crippen LogP contribution in [0.2, 0.25) is 0 Å². The number of amides is 3. The zero-order valence-electron chi connectivity index (χ0n) is 16.0. The van der Waals surface area contributed by atoms with Gasteiger partial charge in [0.05, 0.1) is 17.3 Å². The van der Waals surface area contributed by atoms with E-state index in [0.29, 0.717) is 17.0 Å². The second kappa shape index (κ2) is 8.53. The van der Waals surface area contributed by atoms with Crippen LogP contribution < -0.4 is 10.6 Å². The Morgan fingerprint density at radius 1 is 1.27 bits per heavy atom. The van der Waals surface area contributed by atoms with Crippen molar-refractivity contribution in [3.05, 3.63) is 69.8 Å². The molecule has 4 rings (SSSR count). The SMILES string of the molecule is CSc1ccc([C@@H]2NC(=O)N(CC(=O)Nc3cccc(Br)c3)C3=C2C(=O)OC3)cc1. The molecule has 2 heterocycles. The lowest BCUT2D eigenvalue weighted by atomic mass is 9.96. The van der Waals surface area contributed by atoms with E-state index >= 15 is 0 Å². The average molecular weight is 488 g/mol. The molecule has 2 aliphatic rings. The van der Waals surface area contributed by atoms with Crippen LogP contribution in [-0.2, 0) is 14.3 Å². The van der Waals surface area contributed by atoms with Crippen LogP contribution in [0, 0.1) is 0 Å². The van der Waals surface area contributed by atoms with Crippen LogP contribution in [0.4, 0.5) is 10.5 Å². The number of hydrogen-bond donors (Lipinski definition) is 2. The molecule has 0 aromatic heterocycles. The number of benzene rings is 2. The van der Waals surface area contributed by atoms with Gasteiger partial charge in [-0.1, -0.05) is 34.1 Å². The molecule has 0 aliphatic carbocycles. The van der Waals surface area contributed by atoms with Crippen LogP contribution in [0.3, 0.4) is 0 Å². The number of esters is 1. The third kappa shape index (κ3) is 4.08. The third-order valence-electron chi connectivity index (χ3n) is 4.86. The number of anilines is 1. The van der Waals surface area contributed by atoms with Crippen LogP contribution in [0.5, 0.6) is 0 Å². The van der Waals surface area contributed by atoms with E-state index in [1.54, 1.807) is 30.0 Å². The second-order valence-corrected chi connectivity index (χ2v) is 8.53. The minimum atomic E-state index is -0.609. The smallest absolute Gasteiger partial charge is 0.338 e. The van der Waals surface area contributed by atoms with Crippen molar-refractivity contribution >= 4 is 51.3 Å². The summed E-state index contributed by atoms with van der Waals surface area (Å²) in [5, 5.41) is 5.59. The summed E-state index contributed by atoms with van der Waals surface area (Å²) >= 11 is 4.96. The molecule has 2 aromatic carbocycles. The summed E-state index contributed by atoms with van der Waals surface area (Å²) < 4.78 is 6.03. The van der Waals surface area contributed by atoms with Crippen LogP contribution in [0.25, 0.3) is 0 Å². The van der Waals surface area contributed by atoms with E-state index < -0.39 is 18.0 Å². The summed E-state index contributed by atoms with van der Waals surface area (Å²) in [6, 6.07) is 13.7. The number of hydrogen-bond acceptors (Lipinski definition) is 5. The van der Waals surface area contributed by atoms with Crippen molar-refractivity contribution < 1.29 is 19.1 Å². The zero-order valence-corrected chi connectivity index (χ0v) is 18.4. The summed E-state index contributed by atoms with van der Waals surface area (Å²) in [4.78, 5) is 40.1. The van der Waals surface area contributed by atoms with Gasteiger partial charge in [-0.25, -0.2) is 9.59 Å². The van der Waals surface area contributed by atoms with Gasteiger partial charge in [-0.05, 0) is 42.2 Å². The molecule has 3 amide bonds. The van der Waals surface area contributed by atoms with Gasteiger partial charge in [-0.2, -0.15) is 0 Å². The largest absolute Gasteiger partial charge is 0.456 e. The van der Waals surface area contributed by atoms with Gasteiger partial charge in [0.25, 0.3) is 0 Å². The van der Waals surface area contributed by atoms with Crippen molar-refractivity contribution in [3.63, 3.8) is 0 Å². The molecular formula is C21H18BrN3O4S. The number of cyclic esters (lactones) is 1. The van der Waals surface area contributed by atoms with E-state index in [-0.39, 0.29) is 19.1 Å². The Morgan fingerprint density at radius 2 is 2.03 bits per heavy atom. The maximum absolute atomic E-state index is 12.8. The molecule has 0 spiro atoms. The topological polar surface area (TPSA) is 87.7 Å². The number of rotatable bonds is 5. The van der Waals surface area contributed by atoms with Crippen molar-refractivity contribution in [2.24, 2.45) is 0 Å². The predicted octanol–water partition coefficient (Wildman–Crippen LogP) is 3.69. The molecule has 30 heavy (non-hydrogen) atoms. The standard InChI is InChI=1S/C21H18BrN3O4S/c1-30-15-7-5-12(6-8-15)19-18-16(11-29-20(18)27)25(21(28)24-19)10-17(26)23-14-4-2-3-13(22)9-14/h2-9,19H,10-11H2,1H3,(H,23,26)(H,24,28)/t19-/m0/s1. The van der Waals surface area contributed by atoms with E-state index in [0.717, 1.165) is 14.9 Å². The number of halogens is 1. The Labute approximate surface area is 186 Å². The summed E-state index contributed by atoms with van der Waals surface area (Å²) in [6.07, 6.45) is 1.98. The van der Waals surface area contributed by atoms with Gasteiger partial charge in [0.15, 0.2) is 0 Å². The molecule has 0 saturated heterocycles. The molecule has 154 valence electrons. The van der Waals surface area contributed by atoms with Gasteiger partial charge in [-0.15, -0.1) is 11.8 Å². The predicted molar refractivity (Wildman–Crippen MR) is 117 cm³/mol. The Bertz CT molecular complexity index is 1050. The highest BCUT2D eigenvalue weighted by Gasteiger charge is 2.42. The van der Waals surface area contributed by atoms with E-state index in [1.807, 2.05) is 36.6 Å². The minimum Gasteiger partial charge on any atom is -0.456 e. The van der Waals surface area contributed by atoms with Crippen molar-refractivity contribution in [1.29, 1.82) is 0 Å². The fourth-order valence-corrected chi connectivity index (χ4v) is 4.24. The van der Waals surface area contributed by atoms with Crippen LogP contribution in [0.1, 0.15) is 11.6 Å². The maximum atomic E-state index is 12.8. The number of carbonyl (C=O) groups is 3. The molecular weight excluding hydrogens is 470 g/mol. The lowest BCUT2D eigenvalue weighted by Gasteiger charge is -2.32. The first-order valence-electron chi connectivity index (χ1n) is 9.14. The fourth-order valence-electron chi connectivity index (χ4n) is 3.44. The normalized spacial score (nSPS) is 18.1. The Kier molecular flexibility index (Phi) is 5.83. The summed E-state index contributed by atoms with van der Waals surface area (Å²) in [5.41, 5.74) is 2.17. The minimum absolute atomic E-state index is 0.0366. The van der Waals surface area contributed by atoms with Gasteiger partial charge in [-0.3, -0.25) is 9.69 Å². The van der Waals surface area contributed by atoms with Crippen molar-refractivity contribution in [2.45, 2.75) is 10.9 Å². The van der Waals surface area contributed by atoms with Gasteiger partial charge < -0.3 is 15.4 Å². The second-order valence-electron chi connectivity index (χ2n) is 6.74. The molecule has 1 atom stereocenters. The van der Waals surface area contributed by atoms with Gasteiger partial charge in [0, 0.05) is 15.1 Å². The monoisotopic (exact) mass is 487 g/mol. The van der Waals surface area contributed by atoms with Crippen molar-refractivity contribution in [1.82, 2.24) is 10.2 Å². The van der Waals surface area contributed by atoms with Crippen molar-refractivity contribution in [3.8, 4) is 0 Å². The van der Waals surface area contributed by atoms with E-state index in [4.69, 9.17) is 4.74 Å². The molecule has 9 heteroatoms. The molecule has 2 aromatic rings. The summed E-state index contributed by atoms with van der Waals surface area (Å²) in [5.74, 6) is -0.862. The number of thioether (sulfide) groups is 1. The quantitative estimate of drug-likeness (QED) is 0.495. The average Bonchev–Trinajstić information content (AvgIpc) is 3.11. The number of nitrogens with one attached hydrogen (secondary N) is 2. The molecule has 0 bridgehead atoms. The van der Waals surface area contributed by atoms with Gasteiger partial charge in [0.1, 0.15) is 13.2 Å². The maximum Gasteiger partial charge on any atom is 0.338 e. The summed E-state index contributed by atoms with van der Waals surface area (Å²) in [7, 11) is 0. The number of ether oxygens (including phenoxy) is 1. The Balaban J connectivity index is 1.58. The zero-order chi connectivity index (χ0) is 21.3. The first-order chi connectivity index (χ1) is 14.5. The first-order valence-corrected chi connectivity index (χ1v) is 11.2. The van der Waals surface area contributed by atoms with Gasteiger partial charge >= 0.3 is 12.0 Å². The third-order valence-corrected chi connectivity index (χ3v) is 6.09. The fraction of sp³-hybridized carbons (Fsp3) is 0.190. The van der Waals surface area contributed by atoms with Crippen LogP contribution in [0.15, 0.2) is 69.2 Å². The Morgan fingerprint density at radius 3 is 2.73 bits per heavy atom. The van der Waals surface area contributed by atoms with Crippen LogP contribution in [-0.4, -0.2) is 42.2 Å². The number of carbonyl (C=O) groups excluding carboxylic acids is 3. The van der Waals surface area contributed by atoms with Crippen molar-refractivity contribution in [2.75, 3.05) is 24.7 Å². The van der Waals surface area contributed by atoms with Crippen LogP contribution >= 0.6 is 27.7 Å². The lowest BCUT2D eigenvalue weighted by molar-refractivity contribution is -0.136. The molecule has 7 nitrogen and oxygen atoms in total. The molecule has 0 unspecified atom stereocenters. The first kappa shape index (κ1) is 20.5. The molecule has 0 saturated carbocycles. The number of urea groups is 1. The molecule has 0 fully saturated rings.